The van der Waals surface area contributed by atoms with Gasteiger partial charge in [0.15, 0.2) is 0 Å². The molecule has 0 N–H and O–H groups in total. The molecular formula is C19H18O. The number of carbonyl (C=O) groups is 1. The van der Waals surface area contributed by atoms with Gasteiger partial charge >= 0.3 is 0 Å². The fourth-order valence-electron chi connectivity index (χ4n) is 4.24. The second-order valence-electron chi connectivity index (χ2n) is 6.38. The summed E-state index contributed by atoms with van der Waals surface area (Å²) in [7, 11) is 0. The molecule has 0 saturated heterocycles. The summed E-state index contributed by atoms with van der Waals surface area (Å²) in [6, 6.07) is 13.0. The van der Waals surface area contributed by atoms with Crippen LogP contribution in [-0.4, -0.2) is 5.78 Å². The first-order chi connectivity index (χ1) is 9.61. The summed E-state index contributed by atoms with van der Waals surface area (Å²) in [5.41, 5.74) is 3.71. The summed E-state index contributed by atoms with van der Waals surface area (Å²) in [6.07, 6.45) is 3.93. The lowest BCUT2D eigenvalue weighted by molar-refractivity contribution is -0.123. The summed E-state index contributed by atoms with van der Waals surface area (Å²) in [5.74, 6) is 0.763. The zero-order valence-corrected chi connectivity index (χ0v) is 11.9. The molecular weight excluding hydrogens is 244 g/mol. The normalized spacial score (nSPS) is 28.2. The summed E-state index contributed by atoms with van der Waals surface area (Å²) in [5, 5.41) is 2.60. The average molecular weight is 262 g/mol. The van der Waals surface area contributed by atoms with Crippen molar-refractivity contribution in [1.82, 2.24) is 0 Å². The Labute approximate surface area is 119 Å². The van der Waals surface area contributed by atoms with Crippen LogP contribution in [0.3, 0.4) is 0 Å². The Hall–Kier alpha value is -1.89. The van der Waals surface area contributed by atoms with Crippen molar-refractivity contribution in [2.45, 2.75) is 32.6 Å². The maximum absolute atomic E-state index is 12.3. The van der Waals surface area contributed by atoms with E-state index in [4.69, 9.17) is 0 Å². The molecule has 0 aromatic heterocycles. The van der Waals surface area contributed by atoms with E-state index in [1.54, 1.807) is 0 Å². The molecule has 0 heterocycles. The van der Waals surface area contributed by atoms with Crippen LogP contribution < -0.4 is 0 Å². The molecule has 0 spiro atoms. The molecule has 0 radical (unpaired) electrons. The van der Waals surface area contributed by atoms with Crippen LogP contribution in [0.2, 0.25) is 0 Å². The molecule has 2 aliphatic carbocycles. The number of benzene rings is 2. The van der Waals surface area contributed by atoms with E-state index < -0.39 is 0 Å². The van der Waals surface area contributed by atoms with Gasteiger partial charge in [-0.25, -0.2) is 0 Å². The Morgan fingerprint density at radius 3 is 2.80 bits per heavy atom. The van der Waals surface area contributed by atoms with Gasteiger partial charge in [-0.05, 0) is 47.7 Å². The van der Waals surface area contributed by atoms with Gasteiger partial charge in [0.1, 0.15) is 5.78 Å². The highest BCUT2D eigenvalue weighted by Crippen LogP contribution is 2.54. The molecule has 0 bridgehead atoms. The molecule has 2 aliphatic rings. The molecule has 100 valence electrons. The quantitative estimate of drug-likeness (QED) is 0.672. The van der Waals surface area contributed by atoms with Crippen molar-refractivity contribution < 1.29 is 4.79 Å². The van der Waals surface area contributed by atoms with Crippen molar-refractivity contribution >= 4 is 22.1 Å². The van der Waals surface area contributed by atoms with Gasteiger partial charge < -0.3 is 0 Å². The molecule has 0 aliphatic heterocycles. The average Bonchev–Trinajstić information content (AvgIpc) is 2.74. The molecule has 1 heteroatoms. The Balaban J connectivity index is 2.07. The third-order valence-electron chi connectivity index (χ3n) is 5.23. The van der Waals surface area contributed by atoms with Crippen LogP contribution in [0.4, 0.5) is 0 Å². The second kappa shape index (κ2) is 3.82. The van der Waals surface area contributed by atoms with Gasteiger partial charge in [-0.15, -0.1) is 0 Å². The summed E-state index contributed by atoms with van der Waals surface area (Å²) in [6.45, 7) is 4.27. The number of carbonyl (C=O) groups excluding carboxylic acids is 1. The van der Waals surface area contributed by atoms with Crippen LogP contribution in [-0.2, 0) is 4.79 Å². The van der Waals surface area contributed by atoms with Gasteiger partial charge in [0.05, 0.1) is 5.41 Å². The fourth-order valence-corrected chi connectivity index (χ4v) is 4.24. The van der Waals surface area contributed by atoms with Gasteiger partial charge in [0.25, 0.3) is 0 Å². The number of hydrogen-bond donors (Lipinski definition) is 0. The molecule has 2 aromatic rings. The Morgan fingerprint density at radius 2 is 1.95 bits per heavy atom. The van der Waals surface area contributed by atoms with Gasteiger partial charge in [-0.3, -0.25) is 4.79 Å². The molecule has 4 rings (SSSR count). The van der Waals surface area contributed by atoms with Crippen molar-refractivity contribution in [2.24, 2.45) is 5.41 Å². The number of hydrogen-bond acceptors (Lipinski definition) is 1. The maximum Gasteiger partial charge on any atom is 0.143 e. The monoisotopic (exact) mass is 262 g/mol. The number of allylic oxidation sites excluding steroid dienone is 2. The van der Waals surface area contributed by atoms with E-state index in [1.165, 1.54) is 27.5 Å². The smallest absolute Gasteiger partial charge is 0.143 e. The topological polar surface area (TPSA) is 17.1 Å². The standard InChI is InChI=1S/C19H18O/c1-12-11-19(2)16(9-10-17(19)20)15-8-7-13-5-3-4-6-14(13)18(12)15/h3-8,11,16H,9-10H2,1-2H3/t16-,19+/m1/s1. The van der Waals surface area contributed by atoms with Gasteiger partial charge in [0.2, 0.25) is 0 Å². The number of ketones is 1. The van der Waals surface area contributed by atoms with Gasteiger partial charge in [-0.2, -0.15) is 0 Å². The molecule has 2 atom stereocenters. The summed E-state index contributed by atoms with van der Waals surface area (Å²) in [4.78, 5) is 12.3. The van der Waals surface area contributed by atoms with E-state index in [0.29, 0.717) is 11.7 Å². The highest BCUT2D eigenvalue weighted by molar-refractivity contribution is 6.00. The Bertz CT molecular complexity index is 768. The molecule has 0 unspecified atom stereocenters. The third-order valence-corrected chi connectivity index (χ3v) is 5.23. The first-order valence-electron chi connectivity index (χ1n) is 7.36. The number of fused-ring (bicyclic) bond motifs is 5. The van der Waals surface area contributed by atoms with Crippen LogP contribution >= 0.6 is 0 Å². The van der Waals surface area contributed by atoms with Crippen LogP contribution in [0.15, 0.2) is 42.5 Å². The Kier molecular flexibility index (Phi) is 2.27. The molecule has 1 saturated carbocycles. The predicted molar refractivity (Wildman–Crippen MR) is 82.7 cm³/mol. The molecule has 0 amide bonds. The third kappa shape index (κ3) is 1.35. The number of Topliss-reactive ketones (excluding diaryl/α,β-unsaturated/α-hetero) is 1. The first kappa shape index (κ1) is 11.9. The van der Waals surface area contributed by atoms with Crippen LogP contribution in [0, 0.1) is 5.41 Å². The highest BCUT2D eigenvalue weighted by Gasteiger charge is 2.48. The first-order valence-corrected chi connectivity index (χ1v) is 7.36. The van der Waals surface area contributed by atoms with E-state index in [1.807, 2.05) is 0 Å². The second-order valence-corrected chi connectivity index (χ2v) is 6.38. The summed E-state index contributed by atoms with van der Waals surface area (Å²) < 4.78 is 0. The van der Waals surface area contributed by atoms with Crippen molar-refractivity contribution in [3.63, 3.8) is 0 Å². The van der Waals surface area contributed by atoms with E-state index in [9.17, 15) is 4.79 Å². The molecule has 2 aromatic carbocycles. The lowest BCUT2D eigenvalue weighted by Gasteiger charge is -2.34. The summed E-state index contributed by atoms with van der Waals surface area (Å²) >= 11 is 0. The molecule has 20 heavy (non-hydrogen) atoms. The molecule has 1 nitrogen and oxygen atoms in total. The van der Waals surface area contributed by atoms with Gasteiger partial charge in [-0.1, -0.05) is 42.5 Å². The SMILES string of the molecule is CC1=C[C@]2(C)C(=O)CC[C@@H]2c2ccc3ccccc3c21. The minimum absolute atomic E-state index is 0.278. The molecule has 1 fully saturated rings. The van der Waals surface area contributed by atoms with Crippen LogP contribution in [0.5, 0.6) is 0 Å². The van der Waals surface area contributed by atoms with Crippen molar-refractivity contribution in [3.8, 4) is 0 Å². The lowest BCUT2D eigenvalue weighted by Crippen LogP contribution is -2.28. The number of rotatable bonds is 0. The van der Waals surface area contributed by atoms with Crippen molar-refractivity contribution in [3.05, 3.63) is 53.6 Å². The zero-order chi connectivity index (χ0) is 13.9. The van der Waals surface area contributed by atoms with E-state index in [-0.39, 0.29) is 5.41 Å². The maximum atomic E-state index is 12.3. The van der Waals surface area contributed by atoms with Crippen LogP contribution in [0.1, 0.15) is 43.7 Å². The van der Waals surface area contributed by atoms with Crippen molar-refractivity contribution in [1.29, 1.82) is 0 Å². The lowest BCUT2D eigenvalue weighted by atomic mass is 9.68. The van der Waals surface area contributed by atoms with Crippen molar-refractivity contribution in [2.75, 3.05) is 0 Å². The van der Waals surface area contributed by atoms with Gasteiger partial charge in [0, 0.05) is 12.3 Å². The predicted octanol–water partition coefficient (Wildman–Crippen LogP) is 4.71. The van der Waals surface area contributed by atoms with E-state index in [2.05, 4.69) is 56.3 Å². The minimum Gasteiger partial charge on any atom is -0.299 e. The van der Waals surface area contributed by atoms with E-state index in [0.717, 1.165) is 12.8 Å². The van der Waals surface area contributed by atoms with E-state index >= 15 is 0 Å². The highest BCUT2D eigenvalue weighted by atomic mass is 16.1. The minimum atomic E-state index is -0.278. The fraction of sp³-hybridized carbons (Fsp3) is 0.316. The Morgan fingerprint density at radius 1 is 1.15 bits per heavy atom. The van der Waals surface area contributed by atoms with Crippen LogP contribution in [0.25, 0.3) is 16.3 Å². The zero-order valence-electron chi connectivity index (χ0n) is 11.9. The largest absolute Gasteiger partial charge is 0.299 e.